The van der Waals surface area contributed by atoms with Gasteiger partial charge in [-0.15, -0.1) is 5.10 Å². The number of halogens is 3. The Morgan fingerprint density at radius 3 is 2.58 bits per heavy atom. The molecule has 0 spiro atoms. The largest absolute Gasteiger partial charge is 0.358 e. The zero-order valence-electron chi connectivity index (χ0n) is 13.8. The molecule has 2 aromatic heterocycles. The summed E-state index contributed by atoms with van der Waals surface area (Å²) in [5, 5.41) is 10.1. The molecule has 0 unspecified atom stereocenters. The highest BCUT2D eigenvalue weighted by atomic mass is 19.2. The van der Waals surface area contributed by atoms with E-state index in [1.54, 1.807) is 12.4 Å². The van der Waals surface area contributed by atoms with Crippen molar-refractivity contribution >= 4 is 17.5 Å². The zero-order chi connectivity index (χ0) is 18.5. The number of benzene rings is 1. The van der Waals surface area contributed by atoms with E-state index in [0.29, 0.717) is 12.4 Å². The smallest absolute Gasteiger partial charge is 0.249 e. The van der Waals surface area contributed by atoms with Gasteiger partial charge in [-0.1, -0.05) is 0 Å². The Hall–Kier alpha value is -3.23. The predicted molar refractivity (Wildman–Crippen MR) is 90.6 cm³/mol. The Morgan fingerprint density at radius 1 is 1.04 bits per heavy atom. The van der Waals surface area contributed by atoms with Gasteiger partial charge < -0.3 is 10.2 Å². The summed E-state index contributed by atoms with van der Waals surface area (Å²) < 4.78 is 40.0. The molecule has 26 heavy (non-hydrogen) atoms. The minimum absolute atomic E-state index is 0.0248. The van der Waals surface area contributed by atoms with Gasteiger partial charge in [-0.25, -0.2) is 13.2 Å². The number of rotatable bonds is 6. The van der Waals surface area contributed by atoms with Gasteiger partial charge in [0.15, 0.2) is 23.3 Å². The lowest BCUT2D eigenvalue weighted by molar-refractivity contribution is 0.449. The highest BCUT2D eigenvalue weighted by Gasteiger charge is 2.15. The summed E-state index contributed by atoms with van der Waals surface area (Å²) in [5.74, 6) is -3.70. The van der Waals surface area contributed by atoms with E-state index in [4.69, 9.17) is 0 Å². The Kier molecular flexibility index (Phi) is 5.26. The van der Waals surface area contributed by atoms with Gasteiger partial charge in [0.2, 0.25) is 5.95 Å². The molecule has 1 N–H and O–H groups in total. The third-order valence-electron chi connectivity index (χ3n) is 3.70. The molecule has 0 bridgehead atoms. The van der Waals surface area contributed by atoms with Crippen molar-refractivity contribution < 1.29 is 13.2 Å². The summed E-state index contributed by atoms with van der Waals surface area (Å²) >= 11 is 0. The van der Waals surface area contributed by atoms with Gasteiger partial charge in [0.1, 0.15) is 0 Å². The highest BCUT2D eigenvalue weighted by Crippen LogP contribution is 2.22. The number of pyridine rings is 1. The van der Waals surface area contributed by atoms with Crippen molar-refractivity contribution in [3.63, 3.8) is 0 Å². The number of hydrogen-bond donors (Lipinski definition) is 1. The minimum Gasteiger partial charge on any atom is -0.358 e. The van der Waals surface area contributed by atoms with Gasteiger partial charge in [0.25, 0.3) is 0 Å². The molecule has 0 aliphatic carbocycles. The van der Waals surface area contributed by atoms with Gasteiger partial charge in [0.05, 0.1) is 11.9 Å². The first kappa shape index (κ1) is 17.6. The van der Waals surface area contributed by atoms with Crippen LogP contribution in [-0.2, 0) is 6.42 Å². The lowest BCUT2D eigenvalue weighted by Crippen LogP contribution is -2.22. The molecule has 0 fully saturated rings. The van der Waals surface area contributed by atoms with Crippen molar-refractivity contribution in [2.75, 3.05) is 23.8 Å². The first-order chi connectivity index (χ1) is 12.5. The Morgan fingerprint density at radius 2 is 1.81 bits per heavy atom. The van der Waals surface area contributed by atoms with Crippen molar-refractivity contribution in [3.05, 3.63) is 65.9 Å². The van der Waals surface area contributed by atoms with Crippen LogP contribution >= 0.6 is 0 Å². The second kappa shape index (κ2) is 7.77. The summed E-state index contributed by atoms with van der Waals surface area (Å²) in [7, 11) is 1.83. The maximum Gasteiger partial charge on any atom is 0.249 e. The molecule has 3 rings (SSSR count). The van der Waals surface area contributed by atoms with Crippen LogP contribution in [0.1, 0.15) is 5.56 Å². The lowest BCUT2D eigenvalue weighted by atomic mass is 10.2. The quantitative estimate of drug-likeness (QED) is 0.682. The molecular weight excluding hydrogens is 345 g/mol. The van der Waals surface area contributed by atoms with E-state index in [0.717, 1.165) is 24.1 Å². The Labute approximate surface area is 147 Å². The summed E-state index contributed by atoms with van der Waals surface area (Å²) in [6.45, 7) is 0.654. The van der Waals surface area contributed by atoms with Gasteiger partial charge >= 0.3 is 0 Å². The number of anilines is 3. The standard InChI is InChI=1S/C17H15F3N6/c1-26(9-6-11-4-7-21-8-5-11)14-10-22-25-17(24-14)23-13-3-2-12(18)15(19)16(13)20/h2-5,7-8,10H,6,9H2,1H3,(H,23,24,25). The van der Waals surface area contributed by atoms with Crippen molar-refractivity contribution in [1.82, 2.24) is 20.2 Å². The number of likely N-dealkylation sites (N-methyl/N-ethyl adjacent to an activating group) is 1. The summed E-state index contributed by atoms with van der Waals surface area (Å²) in [6, 6.07) is 5.73. The Balaban J connectivity index is 1.71. The van der Waals surface area contributed by atoms with E-state index < -0.39 is 17.5 Å². The van der Waals surface area contributed by atoms with Crippen molar-refractivity contribution in [3.8, 4) is 0 Å². The molecule has 0 saturated heterocycles. The SMILES string of the molecule is CN(CCc1ccncc1)c1cnnc(Nc2ccc(F)c(F)c2F)n1. The molecule has 0 amide bonds. The number of aromatic nitrogens is 4. The fourth-order valence-electron chi connectivity index (χ4n) is 2.24. The van der Waals surface area contributed by atoms with Crippen LogP contribution in [0.15, 0.2) is 42.9 Å². The summed E-state index contributed by atoms with van der Waals surface area (Å²) in [6.07, 6.45) is 5.67. The maximum absolute atomic E-state index is 13.7. The van der Waals surface area contributed by atoms with E-state index >= 15 is 0 Å². The van der Waals surface area contributed by atoms with Crippen LogP contribution in [0.25, 0.3) is 0 Å². The topological polar surface area (TPSA) is 66.8 Å². The van der Waals surface area contributed by atoms with E-state index in [-0.39, 0.29) is 11.6 Å². The fourth-order valence-corrected chi connectivity index (χ4v) is 2.24. The summed E-state index contributed by atoms with van der Waals surface area (Å²) in [5.41, 5.74) is 0.846. The van der Waals surface area contributed by atoms with Gasteiger partial charge in [0, 0.05) is 26.0 Å². The minimum atomic E-state index is -1.56. The number of nitrogens with one attached hydrogen (secondary N) is 1. The molecule has 3 aromatic rings. The molecule has 9 heteroatoms. The first-order valence-electron chi connectivity index (χ1n) is 7.75. The molecule has 134 valence electrons. The van der Waals surface area contributed by atoms with Crippen LogP contribution in [0, 0.1) is 17.5 Å². The van der Waals surface area contributed by atoms with Crippen LogP contribution in [0.2, 0.25) is 0 Å². The maximum atomic E-state index is 13.7. The van der Waals surface area contributed by atoms with Crippen LogP contribution < -0.4 is 10.2 Å². The second-order valence-corrected chi connectivity index (χ2v) is 5.51. The molecule has 0 radical (unpaired) electrons. The number of nitrogens with zero attached hydrogens (tertiary/aromatic N) is 5. The van der Waals surface area contributed by atoms with E-state index in [2.05, 4.69) is 25.5 Å². The van der Waals surface area contributed by atoms with Gasteiger partial charge in [-0.2, -0.15) is 10.1 Å². The zero-order valence-corrected chi connectivity index (χ0v) is 13.8. The van der Waals surface area contributed by atoms with Gasteiger partial charge in [-0.3, -0.25) is 4.98 Å². The van der Waals surface area contributed by atoms with E-state index in [1.165, 1.54) is 6.20 Å². The first-order valence-corrected chi connectivity index (χ1v) is 7.75. The number of hydrogen-bond acceptors (Lipinski definition) is 6. The van der Waals surface area contributed by atoms with E-state index in [9.17, 15) is 13.2 Å². The van der Waals surface area contributed by atoms with Crippen molar-refractivity contribution in [2.45, 2.75) is 6.42 Å². The van der Waals surface area contributed by atoms with Gasteiger partial charge in [-0.05, 0) is 36.2 Å². The average molecular weight is 360 g/mol. The van der Waals surface area contributed by atoms with Crippen molar-refractivity contribution in [1.29, 1.82) is 0 Å². The monoisotopic (exact) mass is 360 g/mol. The lowest BCUT2D eigenvalue weighted by Gasteiger charge is -2.18. The molecule has 6 nitrogen and oxygen atoms in total. The molecule has 2 heterocycles. The third-order valence-corrected chi connectivity index (χ3v) is 3.70. The highest BCUT2D eigenvalue weighted by molar-refractivity contribution is 5.55. The van der Waals surface area contributed by atoms with Crippen LogP contribution in [0.3, 0.4) is 0 Å². The van der Waals surface area contributed by atoms with Crippen molar-refractivity contribution in [2.24, 2.45) is 0 Å². The van der Waals surface area contributed by atoms with Crippen LogP contribution in [0.4, 0.5) is 30.6 Å². The molecule has 0 aliphatic rings. The average Bonchev–Trinajstić information content (AvgIpc) is 2.67. The van der Waals surface area contributed by atoms with Crippen LogP contribution in [-0.4, -0.2) is 33.8 Å². The second-order valence-electron chi connectivity index (χ2n) is 5.51. The predicted octanol–water partition coefficient (Wildman–Crippen LogP) is 3.11. The van der Waals surface area contributed by atoms with E-state index in [1.807, 2.05) is 24.1 Å². The molecule has 1 aromatic carbocycles. The normalized spacial score (nSPS) is 10.6. The fraction of sp³-hybridized carbons (Fsp3) is 0.176. The summed E-state index contributed by atoms with van der Waals surface area (Å²) in [4.78, 5) is 10.0. The Bertz CT molecular complexity index is 891. The molecular formula is C17H15F3N6. The van der Waals surface area contributed by atoms with Crippen LogP contribution in [0.5, 0.6) is 0 Å². The molecule has 0 saturated carbocycles. The molecule has 0 atom stereocenters. The molecule has 0 aliphatic heterocycles. The third kappa shape index (κ3) is 4.05.